The van der Waals surface area contributed by atoms with Crippen molar-refractivity contribution in [2.75, 3.05) is 5.32 Å². The zero-order valence-electron chi connectivity index (χ0n) is 9.91. The lowest BCUT2D eigenvalue weighted by Crippen LogP contribution is -2.01. The predicted molar refractivity (Wildman–Crippen MR) is 69.5 cm³/mol. The summed E-state index contributed by atoms with van der Waals surface area (Å²) in [6.07, 6.45) is 1.04. The second-order valence-electron chi connectivity index (χ2n) is 4.00. The van der Waals surface area contributed by atoms with Crippen molar-refractivity contribution in [2.24, 2.45) is 0 Å². The molecule has 0 aliphatic heterocycles. The van der Waals surface area contributed by atoms with Gasteiger partial charge in [-0.15, -0.1) is 0 Å². The van der Waals surface area contributed by atoms with Gasteiger partial charge in [-0.2, -0.15) is 0 Å². The zero-order chi connectivity index (χ0) is 12.1. The van der Waals surface area contributed by atoms with Crippen LogP contribution in [0, 0.1) is 5.82 Å². The quantitative estimate of drug-likeness (QED) is 0.835. The maximum absolute atomic E-state index is 13.3. The van der Waals surface area contributed by atoms with E-state index in [9.17, 15) is 4.39 Å². The highest BCUT2D eigenvalue weighted by atomic mass is 19.1. The van der Waals surface area contributed by atoms with Crippen LogP contribution < -0.4 is 5.32 Å². The molecule has 2 rings (SSSR count). The Morgan fingerprint density at radius 2 is 1.59 bits per heavy atom. The molecule has 0 spiro atoms. The van der Waals surface area contributed by atoms with E-state index in [2.05, 4.69) is 36.5 Å². The molecule has 0 aromatic heterocycles. The normalized spacial score (nSPS) is 10.2. The molecule has 17 heavy (non-hydrogen) atoms. The van der Waals surface area contributed by atoms with Crippen molar-refractivity contribution in [1.82, 2.24) is 0 Å². The molecule has 88 valence electrons. The standard InChI is InChI=1S/C15H16FN/c1-2-12-7-9-13(10-8-12)11-17-15-6-4-3-5-14(15)16/h3-10,17H,2,11H2,1H3. The number of hydrogen-bond acceptors (Lipinski definition) is 1. The van der Waals surface area contributed by atoms with Crippen LogP contribution in [0.15, 0.2) is 48.5 Å². The third kappa shape index (κ3) is 3.06. The van der Waals surface area contributed by atoms with Crippen LogP contribution in [0.2, 0.25) is 0 Å². The van der Waals surface area contributed by atoms with Crippen molar-refractivity contribution in [3.05, 3.63) is 65.5 Å². The first-order valence-electron chi connectivity index (χ1n) is 5.86. The molecule has 0 radical (unpaired) electrons. The minimum atomic E-state index is -0.210. The molecule has 0 atom stereocenters. The van der Waals surface area contributed by atoms with Gasteiger partial charge in [-0.3, -0.25) is 0 Å². The Kier molecular flexibility index (Phi) is 3.76. The van der Waals surface area contributed by atoms with Crippen LogP contribution >= 0.6 is 0 Å². The van der Waals surface area contributed by atoms with E-state index in [0.717, 1.165) is 12.0 Å². The molecule has 0 aliphatic rings. The fourth-order valence-electron chi connectivity index (χ4n) is 1.69. The van der Waals surface area contributed by atoms with Crippen LogP contribution in [0.25, 0.3) is 0 Å². The van der Waals surface area contributed by atoms with E-state index < -0.39 is 0 Å². The summed E-state index contributed by atoms with van der Waals surface area (Å²) in [5, 5.41) is 3.09. The van der Waals surface area contributed by atoms with Crippen LogP contribution in [0.1, 0.15) is 18.1 Å². The Hall–Kier alpha value is -1.83. The number of nitrogens with one attached hydrogen (secondary N) is 1. The highest BCUT2D eigenvalue weighted by Gasteiger charge is 1.99. The van der Waals surface area contributed by atoms with Gasteiger partial charge in [-0.25, -0.2) is 4.39 Å². The summed E-state index contributed by atoms with van der Waals surface area (Å²) >= 11 is 0. The molecule has 0 fully saturated rings. The fraction of sp³-hybridized carbons (Fsp3) is 0.200. The van der Waals surface area contributed by atoms with E-state index in [-0.39, 0.29) is 5.82 Å². The predicted octanol–water partition coefficient (Wildman–Crippen LogP) is 4.00. The highest BCUT2D eigenvalue weighted by molar-refractivity contribution is 5.44. The van der Waals surface area contributed by atoms with Gasteiger partial charge in [0.1, 0.15) is 5.82 Å². The van der Waals surface area contributed by atoms with Crippen molar-refractivity contribution in [3.63, 3.8) is 0 Å². The molecule has 0 aliphatic carbocycles. The van der Waals surface area contributed by atoms with Crippen LogP contribution in [0.5, 0.6) is 0 Å². The van der Waals surface area contributed by atoms with Gasteiger partial charge in [0.05, 0.1) is 5.69 Å². The minimum Gasteiger partial charge on any atom is -0.379 e. The Bertz CT molecular complexity index is 477. The number of halogens is 1. The second kappa shape index (κ2) is 5.48. The topological polar surface area (TPSA) is 12.0 Å². The molecular formula is C15H16FN. The molecule has 1 nitrogen and oxygen atoms in total. The van der Waals surface area contributed by atoms with Gasteiger partial charge in [0.15, 0.2) is 0 Å². The van der Waals surface area contributed by atoms with E-state index in [1.807, 2.05) is 6.07 Å². The third-order valence-electron chi connectivity index (χ3n) is 2.79. The molecule has 0 heterocycles. The van der Waals surface area contributed by atoms with Crippen molar-refractivity contribution in [3.8, 4) is 0 Å². The van der Waals surface area contributed by atoms with Gasteiger partial charge in [0.2, 0.25) is 0 Å². The summed E-state index contributed by atoms with van der Waals surface area (Å²) in [5.41, 5.74) is 3.03. The smallest absolute Gasteiger partial charge is 0.146 e. The first kappa shape index (κ1) is 11.6. The van der Waals surface area contributed by atoms with Crippen LogP contribution in [0.4, 0.5) is 10.1 Å². The third-order valence-corrected chi connectivity index (χ3v) is 2.79. The first-order chi connectivity index (χ1) is 8.29. The Morgan fingerprint density at radius 1 is 0.941 bits per heavy atom. The lowest BCUT2D eigenvalue weighted by molar-refractivity contribution is 0.630. The molecule has 2 heteroatoms. The number of aryl methyl sites for hydroxylation is 1. The molecule has 0 unspecified atom stereocenters. The van der Waals surface area contributed by atoms with Crippen molar-refractivity contribution >= 4 is 5.69 Å². The maximum Gasteiger partial charge on any atom is 0.146 e. The van der Waals surface area contributed by atoms with Gasteiger partial charge in [0.25, 0.3) is 0 Å². The number of rotatable bonds is 4. The fourth-order valence-corrected chi connectivity index (χ4v) is 1.69. The molecule has 2 aromatic carbocycles. The van der Waals surface area contributed by atoms with Gasteiger partial charge in [-0.05, 0) is 29.7 Å². The van der Waals surface area contributed by atoms with Crippen LogP contribution in [-0.2, 0) is 13.0 Å². The van der Waals surface area contributed by atoms with E-state index in [0.29, 0.717) is 12.2 Å². The van der Waals surface area contributed by atoms with E-state index >= 15 is 0 Å². The number of para-hydroxylation sites is 1. The minimum absolute atomic E-state index is 0.210. The van der Waals surface area contributed by atoms with Crippen molar-refractivity contribution < 1.29 is 4.39 Å². The highest BCUT2D eigenvalue weighted by Crippen LogP contribution is 2.14. The second-order valence-corrected chi connectivity index (χ2v) is 4.00. The Labute approximate surface area is 101 Å². The van der Waals surface area contributed by atoms with Gasteiger partial charge >= 0.3 is 0 Å². The summed E-state index contributed by atoms with van der Waals surface area (Å²) in [6.45, 7) is 2.78. The molecule has 0 amide bonds. The molecule has 2 aromatic rings. The summed E-state index contributed by atoms with van der Waals surface area (Å²) in [4.78, 5) is 0. The Balaban J connectivity index is 2.00. The van der Waals surface area contributed by atoms with Crippen LogP contribution in [-0.4, -0.2) is 0 Å². The van der Waals surface area contributed by atoms with Gasteiger partial charge < -0.3 is 5.32 Å². The van der Waals surface area contributed by atoms with E-state index in [1.165, 1.54) is 11.6 Å². The summed E-state index contributed by atoms with van der Waals surface area (Å²) in [7, 11) is 0. The monoisotopic (exact) mass is 229 g/mol. The SMILES string of the molecule is CCc1ccc(CNc2ccccc2F)cc1. The number of anilines is 1. The average molecular weight is 229 g/mol. The number of hydrogen-bond donors (Lipinski definition) is 1. The maximum atomic E-state index is 13.3. The molecule has 0 saturated heterocycles. The molecule has 0 saturated carbocycles. The zero-order valence-corrected chi connectivity index (χ0v) is 9.91. The Morgan fingerprint density at radius 3 is 2.24 bits per heavy atom. The average Bonchev–Trinajstić information content (AvgIpc) is 2.38. The molecule has 0 bridgehead atoms. The largest absolute Gasteiger partial charge is 0.379 e. The number of benzene rings is 2. The van der Waals surface area contributed by atoms with Crippen LogP contribution in [0.3, 0.4) is 0 Å². The van der Waals surface area contributed by atoms with E-state index in [4.69, 9.17) is 0 Å². The van der Waals surface area contributed by atoms with Gasteiger partial charge in [-0.1, -0.05) is 43.3 Å². The molecular weight excluding hydrogens is 213 g/mol. The van der Waals surface area contributed by atoms with E-state index in [1.54, 1.807) is 12.1 Å². The lowest BCUT2D eigenvalue weighted by atomic mass is 10.1. The van der Waals surface area contributed by atoms with Crippen molar-refractivity contribution in [1.29, 1.82) is 0 Å². The summed E-state index contributed by atoms with van der Waals surface area (Å²) < 4.78 is 13.3. The summed E-state index contributed by atoms with van der Waals surface area (Å²) in [6, 6.07) is 15.1. The lowest BCUT2D eigenvalue weighted by Gasteiger charge is -2.07. The van der Waals surface area contributed by atoms with Crippen molar-refractivity contribution in [2.45, 2.75) is 19.9 Å². The molecule has 1 N–H and O–H groups in total. The van der Waals surface area contributed by atoms with Gasteiger partial charge in [0, 0.05) is 6.54 Å². The first-order valence-corrected chi connectivity index (χ1v) is 5.86. The summed E-state index contributed by atoms with van der Waals surface area (Å²) in [5.74, 6) is -0.210.